The summed E-state index contributed by atoms with van der Waals surface area (Å²) < 4.78 is 7.76. The van der Waals surface area contributed by atoms with Gasteiger partial charge in [-0.2, -0.15) is 0 Å². The zero-order valence-corrected chi connectivity index (χ0v) is 16.2. The molecule has 27 heavy (non-hydrogen) atoms. The van der Waals surface area contributed by atoms with Gasteiger partial charge >= 0.3 is 11.5 Å². The maximum absolute atomic E-state index is 12.8. The molecular formula is C22H24N3O2+2. The molecule has 1 aliphatic heterocycles. The normalized spacial score (nSPS) is 14.1. The summed E-state index contributed by atoms with van der Waals surface area (Å²) in [5, 5.41) is 0.922. The Labute approximate surface area is 158 Å². The zero-order valence-electron chi connectivity index (χ0n) is 16.2. The molecule has 1 aliphatic rings. The fraction of sp³-hybridized carbons (Fsp3) is 0.273. The highest BCUT2D eigenvalue weighted by molar-refractivity contribution is 6.05. The minimum Gasteiger partial charge on any atom is -0.422 e. The van der Waals surface area contributed by atoms with Gasteiger partial charge in [-0.15, -0.1) is 4.58 Å². The van der Waals surface area contributed by atoms with E-state index < -0.39 is 0 Å². The SMILES string of the molecule is CCN(CC)c1ccc2cc(C3=[N+](C)c4ccccc4[N+]3C)c(=O)oc2c1. The molecule has 1 aromatic heterocycles. The standard InChI is InChI=1S/C22H24N3O2/c1-5-25(6-2)16-12-11-15-13-17(22(26)27-20(15)14-16)21-23(3)18-9-7-8-10-19(18)24(21)4/h7-14H,5-6H2,1-4H3/q+2. The molecular weight excluding hydrogens is 338 g/mol. The summed E-state index contributed by atoms with van der Waals surface area (Å²) in [6.07, 6.45) is 0. The minimum absolute atomic E-state index is 0.319. The van der Waals surface area contributed by atoms with Crippen molar-refractivity contribution in [3.8, 4) is 0 Å². The Morgan fingerprint density at radius 1 is 0.963 bits per heavy atom. The Balaban J connectivity index is 1.85. The van der Waals surface area contributed by atoms with Crippen LogP contribution in [0.15, 0.2) is 57.7 Å². The van der Waals surface area contributed by atoms with E-state index in [9.17, 15) is 4.79 Å². The zero-order chi connectivity index (χ0) is 19.1. The van der Waals surface area contributed by atoms with Crippen molar-refractivity contribution in [3.05, 3.63) is 64.5 Å². The van der Waals surface area contributed by atoms with E-state index in [1.807, 2.05) is 53.9 Å². The van der Waals surface area contributed by atoms with Gasteiger partial charge in [0.1, 0.15) is 19.7 Å². The topological polar surface area (TPSA) is 42.4 Å². The number of hydrogen-bond acceptors (Lipinski definition) is 4. The van der Waals surface area contributed by atoms with Gasteiger partial charge < -0.3 is 9.32 Å². The van der Waals surface area contributed by atoms with Crippen molar-refractivity contribution in [1.82, 2.24) is 4.90 Å². The van der Waals surface area contributed by atoms with Crippen LogP contribution in [0.4, 0.5) is 17.1 Å². The van der Waals surface area contributed by atoms with Crippen molar-refractivity contribution in [2.24, 2.45) is 0 Å². The number of amidine groups is 1. The molecule has 1 radical (unpaired) electrons. The second-order valence-electron chi connectivity index (χ2n) is 6.77. The molecule has 2 aromatic carbocycles. The average Bonchev–Trinajstić information content (AvgIpc) is 2.93. The Bertz CT molecular complexity index is 1110. The summed E-state index contributed by atoms with van der Waals surface area (Å²) in [7, 11) is 3.95. The predicted octanol–water partition coefficient (Wildman–Crippen LogP) is 3.77. The van der Waals surface area contributed by atoms with Crippen molar-refractivity contribution >= 4 is 33.9 Å². The lowest BCUT2D eigenvalue weighted by molar-refractivity contribution is -0.401. The van der Waals surface area contributed by atoms with Crippen LogP contribution in [0.2, 0.25) is 0 Å². The summed E-state index contributed by atoms with van der Waals surface area (Å²) in [5.41, 5.74) is 4.09. The van der Waals surface area contributed by atoms with Crippen molar-refractivity contribution in [2.45, 2.75) is 13.8 Å². The molecule has 3 aromatic rings. The second kappa shape index (κ2) is 6.67. The maximum atomic E-state index is 12.8. The van der Waals surface area contributed by atoms with Crippen molar-refractivity contribution < 1.29 is 8.99 Å². The van der Waals surface area contributed by atoms with Crippen molar-refractivity contribution in [3.63, 3.8) is 0 Å². The van der Waals surface area contributed by atoms with E-state index in [2.05, 4.69) is 36.9 Å². The number of para-hydroxylation sites is 2. The highest BCUT2D eigenvalue weighted by Gasteiger charge is 2.45. The van der Waals surface area contributed by atoms with Crippen LogP contribution in [0.25, 0.3) is 11.0 Å². The van der Waals surface area contributed by atoms with Crippen LogP contribution < -0.4 is 15.4 Å². The molecule has 0 N–H and O–H groups in total. The minimum atomic E-state index is -0.319. The molecule has 0 bridgehead atoms. The van der Waals surface area contributed by atoms with Crippen molar-refractivity contribution in [2.75, 3.05) is 32.1 Å². The summed E-state index contributed by atoms with van der Waals surface area (Å²) in [6.45, 7) is 6.06. The molecule has 0 saturated carbocycles. The molecule has 0 atom stereocenters. The van der Waals surface area contributed by atoms with E-state index in [0.29, 0.717) is 11.1 Å². The third kappa shape index (κ3) is 2.75. The highest BCUT2D eigenvalue weighted by atomic mass is 16.4. The number of hydrogen-bond donors (Lipinski definition) is 0. The molecule has 0 spiro atoms. The molecule has 0 fully saturated rings. The van der Waals surface area contributed by atoms with Gasteiger partial charge in [-0.05, 0) is 36.9 Å². The van der Waals surface area contributed by atoms with Crippen LogP contribution in [-0.2, 0) is 0 Å². The molecule has 0 saturated heterocycles. The Morgan fingerprint density at radius 2 is 1.67 bits per heavy atom. The third-order valence-electron chi connectivity index (χ3n) is 5.33. The fourth-order valence-electron chi connectivity index (χ4n) is 3.89. The van der Waals surface area contributed by atoms with Crippen LogP contribution in [0.1, 0.15) is 19.4 Å². The van der Waals surface area contributed by atoms with Gasteiger partial charge in [0.15, 0.2) is 5.56 Å². The van der Waals surface area contributed by atoms with Gasteiger partial charge in [0.05, 0.1) is 0 Å². The molecule has 4 rings (SSSR count). The van der Waals surface area contributed by atoms with E-state index in [1.165, 1.54) is 0 Å². The molecule has 0 aliphatic carbocycles. The van der Waals surface area contributed by atoms with Crippen LogP contribution >= 0.6 is 0 Å². The Kier molecular flexibility index (Phi) is 4.32. The summed E-state index contributed by atoms with van der Waals surface area (Å²) in [5.74, 6) is 0.833. The first kappa shape index (κ1) is 17.5. The first-order valence-electron chi connectivity index (χ1n) is 9.31. The van der Waals surface area contributed by atoms with Gasteiger partial charge in [0.2, 0.25) is 0 Å². The number of rotatable bonds is 4. The molecule has 5 nitrogen and oxygen atoms in total. The summed E-state index contributed by atoms with van der Waals surface area (Å²) in [6, 6.07) is 16.1. The molecule has 0 unspecified atom stereocenters. The smallest absolute Gasteiger partial charge is 0.422 e. The summed E-state index contributed by atoms with van der Waals surface area (Å²) in [4.78, 5) is 17.1. The van der Waals surface area contributed by atoms with E-state index >= 15 is 0 Å². The van der Waals surface area contributed by atoms with E-state index in [-0.39, 0.29) is 5.63 Å². The largest absolute Gasteiger partial charge is 0.438 e. The molecule has 0 amide bonds. The third-order valence-corrected chi connectivity index (χ3v) is 5.33. The van der Waals surface area contributed by atoms with Gasteiger partial charge in [0.25, 0.3) is 11.4 Å². The maximum Gasteiger partial charge on any atom is 0.438 e. The van der Waals surface area contributed by atoms with Crippen LogP contribution in [0.3, 0.4) is 0 Å². The molecule has 2 heterocycles. The lowest BCUT2D eigenvalue weighted by Crippen LogP contribution is -2.33. The Morgan fingerprint density at radius 3 is 2.33 bits per heavy atom. The van der Waals surface area contributed by atoms with E-state index in [1.54, 1.807) is 0 Å². The lowest BCUT2D eigenvalue weighted by atomic mass is 10.1. The predicted molar refractivity (Wildman–Crippen MR) is 110 cm³/mol. The second-order valence-corrected chi connectivity index (χ2v) is 6.77. The van der Waals surface area contributed by atoms with Gasteiger partial charge in [-0.1, -0.05) is 12.1 Å². The summed E-state index contributed by atoms with van der Waals surface area (Å²) >= 11 is 0. The highest BCUT2D eigenvalue weighted by Crippen LogP contribution is 2.33. The molecule has 137 valence electrons. The molecule has 5 heteroatoms. The average molecular weight is 362 g/mol. The van der Waals surface area contributed by atoms with E-state index in [0.717, 1.165) is 41.4 Å². The first-order valence-corrected chi connectivity index (χ1v) is 9.31. The first-order chi connectivity index (χ1) is 13.0. The fourth-order valence-corrected chi connectivity index (χ4v) is 3.89. The van der Waals surface area contributed by atoms with Gasteiger partial charge in [0, 0.05) is 42.4 Å². The monoisotopic (exact) mass is 362 g/mol. The van der Waals surface area contributed by atoms with E-state index in [4.69, 9.17) is 4.42 Å². The Hall–Kier alpha value is -2.92. The number of anilines is 2. The lowest BCUT2D eigenvalue weighted by Gasteiger charge is -2.20. The quantitative estimate of drug-likeness (QED) is 0.524. The van der Waals surface area contributed by atoms with Crippen molar-refractivity contribution in [1.29, 1.82) is 0 Å². The number of nitrogens with zero attached hydrogens (tertiary/aromatic N) is 3. The van der Waals surface area contributed by atoms with Crippen LogP contribution in [0.5, 0.6) is 0 Å². The van der Waals surface area contributed by atoms with Gasteiger partial charge in [-0.3, -0.25) is 0 Å². The number of fused-ring (bicyclic) bond motifs is 2. The van der Waals surface area contributed by atoms with Gasteiger partial charge in [-0.25, -0.2) is 4.79 Å². The van der Waals surface area contributed by atoms with Crippen LogP contribution in [-0.4, -0.2) is 37.6 Å². The number of benzene rings is 2. The van der Waals surface area contributed by atoms with Crippen LogP contribution in [0, 0.1) is 0 Å².